The molecule has 1 aromatic rings. The first-order chi connectivity index (χ1) is 11.6. The minimum Gasteiger partial charge on any atom is -0.342 e. The lowest BCUT2D eigenvalue weighted by Crippen LogP contribution is -2.42. The highest BCUT2D eigenvalue weighted by molar-refractivity contribution is 8.00. The molecule has 1 atom stereocenters. The van der Waals surface area contributed by atoms with Crippen LogP contribution in [0.2, 0.25) is 0 Å². The summed E-state index contributed by atoms with van der Waals surface area (Å²) < 4.78 is 2.12. The Morgan fingerprint density at radius 1 is 1.33 bits per heavy atom. The van der Waals surface area contributed by atoms with Crippen LogP contribution in [-0.2, 0) is 11.3 Å². The predicted molar refractivity (Wildman–Crippen MR) is 97.2 cm³/mol. The summed E-state index contributed by atoms with van der Waals surface area (Å²) in [5, 5.41) is 9.41. The van der Waals surface area contributed by atoms with E-state index in [9.17, 15) is 4.79 Å². The molecule has 24 heavy (non-hydrogen) atoms. The average molecular weight is 349 g/mol. The van der Waals surface area contributed by atoms with E-state index in [1.54, 1.807) is 0 Å². The van der Waals surface area contributed by atoms with Crippen molar-refractivity contribution in [3.63, 3.8) is 0 Å². The number of hydrogen-bond acceptors (Lipinski definition) is 4. The van der Waals surface area contributed by atoms with Crippen LogP contribution in [0, 0.1) is 0 Å². The molecule has 3 rings (SSSR count). The van der Waals surface area contributed by atoms with Gasteiger partial charge in [-0.3, -0.25) is 4.79 Å². The van der Waals surface area contributed by atoms with Gasteiger partial charge in [-0.1, -0.05) is 37.1 Å². The van der Waals surface area contributed by atoms with E-state index in [2.05, 4.69) is 21.3 Å². The van der Waals surface area contributed by atoms with E-state index in [-0.39, 0.29) is 11.2 Å². The first-order valence-corrected chi connectivity index (χ1v) is 9.97. The third kappa shape index (κ3) is 3.85. The molecule has 0 N–H and O–H groups in total. The second-order valence-electron chi connectivity index (χ2n) is 7.02. The van der Waals surface area contributed by atoms with Crippen LogP contribution in [0.4, 0.5) is 0 Å². The van der Waals surface area contributed by atoms with E-state index >= 15 is 0 Å². The van der Waals surface area contributed by atoms with Crippen LogP contribution in [0.3, 0.4) is 0 Å². The van der Waals surface area contributed by atoms with Gasteiger partial charge in [0, 0.05) is 25.6 Å². The summed E-state index contributed by atoms with van der Waals surface area (Å²) in [6.45, 7) is 6.53. The summed E-state index contributed by atoms with van der Waals surface area (Å²) in [4.78, 5) is 14.8. The topological polar surface area (TPSA) is 51.0 Å². The van der Waals surface area contributed by atoms with Gasteiger partial charge in [0.1, 0.15) is 5.82 Å². The molecule has 6 heteroatoms. The van der Waals surface area contributed by atoms with Crippen molar-refractivity contribution in [2.24, 2.45) is 0 Å². The highest BCUT2D eigenvalue weighted by atomic mass is 32.2. The fraction of sp³-hybridized carbons (Fsp3) is 0.722. The number of amides is 1. The number of allylic oxidation sites excluding steroid dienone is 1. The second-order valence-corrected chi connectivity index (χ2v) is 8.32. The van der Waals surface area contributed by atoms with E-state index in [1.807, 2.05) is 24.9 Å². The molecular formula is C18H28N4OS. The molecule has 0 bridgehead atoms. The molecule has 0 spiro atoms. The summed E-state index contributed by atoms with van der Waals surface area (Å²) in [6.07, 6.45) is 10.3. The standard InChI is InChI=1S/C18H28N4OS/c1-4-12-22-16(14-10-11-14)19-20-18(22)24-13(2)17(23)21(3)15-8-6-5-7-9-15/h4,13-15H,1,5-12H2,2-3H3. The number of carbonyl (C=O) groups excluding carboxylic acids is 1. The quantitative estimate of drug-likeness (QED) is 0.558. The van der Waals surface area contributed by atoms with Crippen molar-refractivity contribution >= 4 is 17.7 Å². The first-order valence-electron chi connectivity index (χ1n) is 9.09. The minimum absolute atomic E-state index is 0.142. The molecule has 0 saturated heterocycles. The molecule has 1 heterocycles. The van der Waals surface area contributed by atoms with Gasteiger partial charge in [0.15, 0.2) is 5.16 Å². The first kappa shape index (κ1) is 17.5. The maximum Gasteiger partial charge on any atom is 0.235 e. The largest absolute Gasteiger partial charge is 0.342 e. The van der Waals surface area contributed by atoms with E-state index in [1.165, 1.54) is 43.9 Å². The molecule has 1 amide bonds. The summed E-state index contributed by atoms with van der Waals surface area (Å²) in [5.41, 5.74) is 0. The monoisotopic (exact) mass is 348 g/mol. The second kappa shape index (κ2) is 7.72. The van der Waals surface area contributed by atoms with Crippen molar-refractivity contribution in [3.05, 3.63) is 18.5 Å². The lowest BCUT2D eigenvalue weighted by Gasteiger charge is -2.32. The molecule has 2 saturated carbocycles. The molecule has 0 radical (unpaired) electrons. The van der Waals surface area contributed by atoms with Crippen LogP contribution in [0.5, 0.6) is 0 Å². The normalized spacial score (nSPS) is 19.9. The molecule has 2 aliphatic rings. The number of carbonyl (C=O) groups is 1. The van der Waals surface area contributed by atoms with Gasteiger partial charge in [-0.25, -0.2) is 0 Å². The fourth-order valence-electron chi connectivity index (χ4n) is 3.48. The third-order valence-electron chi connectivity index (χ3n) is 5.10. The Morgan fingerprint density at radius 3 is 2.67 bits per heavy atom. The zero-order valence-electron chi connectivity index (χ0n) is 14.8. The maximum absolute atomic E-state index is 12.8. The van der Waals surface area contributed by atoms with Gasteiger partial charge >= 0.3 is 0 Å². The van der Waals surface area contributed by atoms with Crippen molar-refractivity contribution in [2.75, 3.05) is 7.05 Å². The zero-order chi connectivity index (χ0) is 17.1. The van der Waals surface area contributed by atoms with Crippen molar-refractivity contribution < 1.29 is 4.79 Å². The molecule has 0 aromatic carbocycles. The number of thioether (sulfide) groups is 1. The predicted octanol–water partition coefficient (Wildman–Crippen LogP) is 3.61. The van der Waals surface area contributed by atoms with Crippen LogP contribution in [0.1, 0.15) is 63.6 Å². The van der Waals surface area contributed by atoms with Gasteiger partial charge in [-0.2, -0.15) is 0 Å². The molecule has 1 aromatic heterocycles. The Bertz CT molecular complexity index is 590. The molecular weight excluding hydrogens is 320 g/mol. The zero-order valence-corrected chi connectivity index (χ0v) is 15.6. The molecule has 2 aliphatic carbocycles. The van der Waals surface area contributed by atoms with Crippen LogP contribution in [-0.4, -0.2) is 43.9 Å². The Morgan fingerprint density at radius 2 is 2.04 bits per heavy atom. The summed E-state index contributed by atoms with van der Waals surface area (Å²) >= 11 is 1.53. The van der Waals surface area contributed by atoms with E-state index < -0.39 is 0 Å². The Labute approximate surface area is 148 Å². The fourth-order valence-corrected chi connectivity index (χ4v) is 4.44. The van der Waals surface area contributed by atoms with Gasteiger partial charge in [0.05, 0.1) is 5.25 Å². The van der Waals surface area contributed by atoms with Crippen molar-refractivity contribution in [1.82, 2.24) is 19.7 Å². The summed E-state index contributed by atoms with van der Waals surface area (Å²) in [5.74, 6) is 1.80. The van der Waals surface area contributed by atoms with Crippen LogP contribution in [0.15, 0.2) is 17.8 Å². The third-order valence-corrected chi connectivity index (χ3v) is 6.17. The number of hydrogen-bond donors (Lipinski definition) is 0. The van der Waals surface area contributed by atoms with Crippen LogP contribution in [0.25, 0.3) is 0 Å². The highest BCUT2D eigenvalue weighted by Crippen LogP contribution is 2.40. The van der Waals surface area contributed by atoms with Crippen LogP contribution < -0.4 is 0 Å². The lowest BCUT2D eigenvalue weighted by molar-refractivity contribution is -0.131. The number of rotatable bonds is 7. The highest BCUT2D eigenvalue weighted by Gasteiger charge is 2.32. The molecule has 132 valence electrons. The van der Waals surface area contributed by atoms with Crippen molar-refractivity contribution in [1.29, 1.82) is 0 Å². The maximum atomic E-state index is 12.8. The smallest absolute Gasteiger partial charge is 0.235 e. The van der Waals surface area contributed by atoms with Gasteiger partial charge in [0.25, 0.3) is 0 Å². The molecule has 5 nitrogen and oxygen atoms in total. The van der Waals surface area contributed by atoms with Gasteiger partial charge < -0.3 is 9.47 Å². The Kier molecular flexibility index (Phi) is 5.64. The SMILES string of the molecule is C=CCn1c(SC(C)C(=O)N(C)C2CCCCC2)nnc1C1CC1. The minimum atomic E-state index is -0.142. The number of nitrogens with zero attached hydrogens (tertiary/aromatic N) is 4. The van der Waals surface area contributed by atoms with Gasteiger partial charge in [-0.15, -0.1) is 16.8 Å². The summed E-state index contributed by atoms with van der Waals surface area (Å²) in [7, 11) is 1.96. The average Bonchev–Trinajstić information content (AvgIpc) is 3.38. The van der Waals surface area contributed by atoms with E-state index in [4.69, 9.17) is 0 Å². The molecule has 2 fully saturated rings. The van der Waals surface area contributed by atoms with Gasteiger partial charge in [-0.05, 0) is 32.6 Å². The summed E-state index contributed by atoms with van der Waals surface area (Å²) in [6, 6.07) is 0.405. The van der Waals surface area contributed by atoms with E-state index in [0.29, 0.717) is 18.5 Å². The molecule has 1 unspecified atom stereocenters. The van der Waals surface area contributed by atoms with Crippen molar-refractivity contribution in [2.45, 2.75) is 80.8 Å². The van der Waals surface area contributed by atoms with E-state index in [0.717, 1.165) is 23.8 Å². The Balaban J connectivity index is 1.66. The lowest BCUT2D eigenvalue weighted by atomic mass is 9.94. The Hall–Kier alpha value is -1.30. The number of aromatic nitrogens is 3. The van der Waals surface area contributed by atoms with Crippen LogP contribution >= 0.6 is 11.8 Å². The van der Waals surface area contributed by atoms with Crippen molar-refractivity contribution in [3.8, 4) is 0 Å². The van der Waals surface area contributed by atoms with Gasteiger partial charge in [0.2, 0.25) is 5.91 Å². The molecule has 0 aliphatic heterocycles.